The van der Waals surface area contributed by atoms with Crippen LogP contribution in [0.1, 0.15) is 28.4 Å². The van der Waals surface area contributed by atoms with Crippen molar-refractivity contribution in [3.8, 4) is 11.5 Å². The van der Waals surface area contributed by atoms with Crippen LogP contribution in [0.5, 0.6) is 0 Å². The molecule has 2 heterocycles. The number of sulfonamides is 1. The van der Waals surface area contributed by atoms with E-state index in [-0.39, 0.29) is 55.2 Å². The molecule has 1 N–H and O–H groups in total. The van der Waals surface area contributed by atoms with Gasteiger partial charge >= 0.3 is 12.1 Å². The first-order valence-corrected chi connectivity index (χ1v) is 12.9. The van der Waals surface area contributed by atoms with Gasteiger partial charge in [-0.15, -0.1) is 5.10 Å². The van der Waals surface area contributed by atoms with Gasteiger partial charge in [-0.3, -0.25) is 10.1 Å². The summed E-state index contributed by atoms with van der Waals surface area (Å²) in [5, 5.41) is 10.4. The molecule has 0 spiro atoms. The second-order valence-electron chi connectivity index (χ2n) is 8.30. The van der Waals surface area contributed by atoms with Gasteiger partial charge in [-0.1, -0.05) is 22.8 Å². The first-order chi connectivity index (χ1) is 17.2. The molecule has 0 saturated carbocycles. The van der Waals surface area contributed by atoms with E-state index in [1.165, 1.54) is 33.5 Å². The standard InChI is InChI=1S/C24H27N5O6S/c1-4-34-24(31)28-11-13-29(14-12-28)36(32,33)19-9-7-18(8-10-19)21(30)25-23-27-26-22(35-23)20-15-16(2)5-6-17(20)3/h5-10,15H,4,11-14H2,1-3H3,(H,25,27,30). The second kappa shape index (κ2) is 10.5. The van der Waals surface area contributed by atoms with Crippen molar-refractivity contribution >= 4 is 28.0 Å². The highest BCUT2D eigenvalue weighted by atomic mass is 32.2. The molecule has 0 radical (unpaired) electrons. The Morgan fingerprint density at radius 1 is 1.03 bits per heavy atom. The monoisotopic (exact) mass is 513 g/mol. The van der Waals surface area contributed by atoms with Crippen molar-refractivity contribution in [3.63, 3.8) is 0 Å². The number of nitrogens with one attached hydrogen (secondary N) is 1. The van der Waals surface area contributed by atoms with Crippen molar-refractivity contribution in [2.75, 3.05) is 38.1 Å². The van der Waals surface area contributed by atoms with Gasteiger partial charge < -0.3 is 14.1 Å². The summed E-state index contributed by atoms with van der Waals surface area (Å²) in [6, 6.07) is 11.4. The van der Waals surface area contributed by atoms with E-state index in [0.717, 1.165) is 16.7 Å². The Balaban J connectivity index is 1.40. The molecule has 1 saturated heterocycles. The zero-order valence-electron chi connectivity index (χ0n) is 20.2. The molecule has 2 amide bonds. The minimum absolute atomic E-state index is 0.0543. The number of benzene rings is 2. The van der Waals surface area contributed by atoms with Crippen molar-refractivity contribution in [2.45, 2.75) is 25.7 Å². The molecule has 0 atom stereocenters. The Morgan fingerprint density at radius 3 is 2.39 bits per heavy atom. The maximum atomic E-state index is 13.0. The Bertz CT molecular complexity index is 1360. The predicted molar refractivity (Wildman–Crippen MR) is 131 cm³/mol. The molecule has 4 rings (SSSR count). The van der Waals surface area contributed by atoms with E-state index in [2.05, 4.69) is 15.5 Å². The van der Waals surface area contributed by atoms with Crippen molar-refractivity contribution in [2.24, 2.45) is 0 Å². The zero-order valence-corrected chi connectivity index (χ0v) is 21.0. The summed E-state index contributed by atoms with van der Waals surface area (Å²) < 4.78 is 37.9. The maximum Gasteiger partial charge on any atom is 0.409 e. The van der Waals surface area contributed by atoms with Crippen LogP contribution < -0.4 is 5.32 Å². The highest BCUT2D eigenvalue weighted by molar-refractivity contribution is 7.89. The van der Waals surface area contributed by atoms with Crippen LogP contribution in [0.3, 0.4) is 0 Å². The third-order valence-electron chi connectivity index (χ3n) is 5.79. The highest BCUT2D eigenvalue weighted by Gasteiger charge is 2.30. The maximum absolute atomic E-state index is 13.0. The fraction of sp³-hybridized carbons (Fsp3) is 0.333. The number of hydrogen-bond donors (Lipinski definition) is 1. The molecule has 3 aromatic rings. The minimum Gasteiger partial charge on any atom is -0.450 e. The molecule has 11 nitrogen and oxygen atoms in total. The number of carbonyl (C=O) groups excluding carboxylic acids is 2. The second-order valence-corrected chi connectivity index (χ2v) is 10.2. The number of aromatic nitrogens is 2. The van der Waals surface area contributed by atoms with E-state index in [0.29, 0.717) is 0 Å². The number of rotatable bonds is 6. The van der Waals surface area contributed by atoms with Gasteiger partial charge in [-0.2, -0.15) is 4.31 Å². The van der Waals surface area contributed by atoms with E-state index in [1.807, 2.05) is 32.0 Å². The molecule has 36 heavy (non-hydrogen) atoms. The molecule has 1 fully saturated rings. The van der Waals surface area contributed by atoms with Crippen LogP contribution >= 0.6 is 0 Å². The van der Waals surface area contributed by atoms with Gasteiger partial charge in [0.15, 0.2) is 0 Å². The number of piperazine rings is 1. The van der Waals surface area contributed by atoms with Crippen molar-refractivity contribution < 1.29 is 27.2 Å². The van der Waals surface area contributed by atoms with Gasteiger partial charge in [-0.05, 0) is 56.7 Å². The Hall–Kier alpha value is -3.77. The molecular weight excluding hydrogens is 486 g/mol. The van der Waals surface area contributed by atoms with Gasteiger partial charge in [0.2, 0.25) is 15.9 Å². The molecule has 12 heteroatoms. The highest BCUT2D eigenvalue weighted by Crippen LogP contribution is 2.25. The summed E-state index contributed by atoms with van der Waals surface area (Å²) in [5.41, 5.74) is 3.00. The summed E-state index contributed by atoms with van der Waals surface area (Å²) in [7, 11) is -3.78. The summed E-state index contributed by atoms with van der Waals surface area (Å²) in [6.07, 6.45) is -0.452. The molecule has 1 aliphatic heterocycles. The number of nitrogens with zero attached hydrogens (tertiary/aromatic N) is 4. The lowest BCUT2D eigenvalue weighted by Gasteiger charge is -2.33. The van der Waals surface area contributed by atoms with E-state index in [4.69, 9.17) is 9.15 Å². The van der Waals surface area contributed by atoms with Gasteiger partial charge in [0.05, 0.1) is 11.5 Å². The zero-order chi connectivity index (χ0) is 25.9. The van der Waals surface area contributed by atoms with E-state index < -0.39 is 22.0 Å². The van der Waals surface area contributed by atoms with Crippen LogP contribution in [0.25, 0.3) is 11.5 Å². The van der Waals surface area contributed by atoms with Crippen molar-refractivity contribution in [3.05, 3.63) is 59.2 Å². The first kappa shape index (κ1) is 25.3. The average molecular weight is 514 g/mol. The number of ether oxygens (including phenoxy) is 1. The predicted octanol–water partition coefficient (Wildman–Crippen LogP) is 3.07. The number of anilines is 1. The van der Waals surface area contributed by atoms with Crippen LogP contribution in [-0.2, 0) is 14.8 Å². The van der Waals surface area contributed by atoms with Crippen molar-refractivity contribution in [1.29, 1.82) is 0 Å². The summed E-state index contributed by atoms with van der Waals surface area (Å²) in [5.74, 6) is -0.228. The molecule has 1 aromatic heterocycles. The number of hydrogen-bond acceptors (Lipinski definition) is 8. The number of amides is 2. The van der Waals surface area contributed by atoms with Gasteiger partial charge in [0.25, 0.3) is 5.91 Å². The van der Waals surface area contributed by atoms with E-state index in [1.54, 1.807) is 6.92 Å². The molecule has 0 aliphatic carbocycles. The largest absolute Gasteiger partial charge is 0.450 e. The molecule has 0 unspecified atom stereocenters. The molecule has 2 aromatic carbocycles. The smallest absolute Gasteiger partial charge is 0.409 e. The van der Waals surface area contributed by atoms with Crippen LogP contribution in [0.4, 0.5) is 10.8 Å². The van der Waals surface area contributed by atoms with Crippen molar-refractivity contribution in [1.82, 2.24) is 19.4 Å². The Labute approximate surface area is 209 Å². The molecule has 1 aliphatic rings. The minimum atomic E-state index is -3.78. The first-order valence-electron chi connectivity index (χ1n) is 11.4. The lowest BCUT2D eigenvalue weighted by molar-refractivity contribution is 0.0933. The quantitative estimate of drug-likeness (QED) is 0.531. The third kappa shape index (κ3) is 5.39. The fourth-order valence-corrected chi connectivity index (χ4v) is 5.19. The third-order valence-corrected chi connectivity index (χ3v) is 7.70. The topological polar surface area (TPSA) is 135 Å². The molecule has 0 bridgehead atoms. The number of carbonyl (C=O) groups is 2. The lowest BCUT2D eigenvalue weighted by atomic mass is 10.1. The van der Waals surface area contributed by atoms with Crippen LogP contribution in [0.2, 0.25) is 0 Å². The Kier molecular flexibility index (Phi) is 7.36. The van der Waals surface area contributed by atoms with E-state index >= 15 is 0 Å². The Morgan fingerprint density at radius 2 is 1.72 bits per heavy atom. The number of aryl methyl sites for hydroxylation is 2. The lowest BCUT2D eigenvalue weighted by Crippen LogP contribution is -2.50. The van der Waals surface area contributed by atoms with Gasteiger partial charge in [-0.25, -0.2) is 13.2 Å². The SMILES string of the molecule is CCOC(=O)N1CCN(S(=O)(=O)c2ccc(C(=O)Nc3nnc(-c4cc(C)ccc4C)o3)cc2)CC1. The van der Waals surface area contributed by atoms with Gasteiger partial charge in [0, 0.05) is 37.3 Å². The normalized spacial score (nSPS) is 14.5. The van der Waals surface area contributed by atoms with E-state index in [9.17, 15) is 18.0 Å². The van der Waals surface area contributed by atoms with Crippen LogP contribution in [-0.4, -0.2) is 72.6 Å². The molecule has 190 valence electrons. The fourth-order valence-electron chi connectivity index (χ4n) is 3.77. The summed E-state index contributed by atoms with van der Waals surface area (Å²) in [4.78, 5) is 26.0. The summed E-state index contributed by atoms with van der Waals surface area (Å²) in [6.45, 7) is 6.65. The molecular formula is C24H27N5O6S. The average Bonchev–Trinajstić information content (AvgIpc) is 3.34. The van der Waals surface area contributed by atoms with Crippen LogP contribution in [0, 0.1) is 13.8 Å². The van der Waals surface area contributed by atoms with Gasteiger partial charge in [0.1, 0.15) is 0 Å². The van der Waals surface area contributed by atoms with Crippen LogP contribution in [0.15, 0.2) is 51.8 Å². The summed E-state index contributed by atoms with van der Waals surface area (Å²) >= 11 is 0.